The number of amides is 1. The van der Waals surface area contributed by atoms with E-state index < -0.39 is 0 Å². The summed E-state index contributed by atoms with van der Waals surface area (Å²) in [5.74, 6) is 1.41. The summed E-state index contributed by atoms with van der Waals surface area (Å²) in [5.41, 5.74) is 0.433. The molecule has 2 aromatic rings. The number of carbonyl (C=O) groups is 1. The van der Waals surface area contributed by atoms with Crippen LogP contribution in [-0.2, 0) is 4.79 Å². The normalized spacial score (nSPS) is 15.0. The molecule has 1 fully saturated rings. The fraction of sp³-hybridized carbons (Fsp3) is 0.400. The van der Waals surface area contributed by atoms with E-state index in [9.17, 15) is 4.79 Å². The Labute approximate surface area is 148 Å². The molecule has 1 heterocycles. The van der Waals surface area contributed by atoms with Gasteiger partial charge in [0.25, 0.3) is 0 Å². The Morgan fingerprint density at radius 3 is 2.70 bits per heavy atom. The first-order chi connectivity index (χ1) is 11.1. The highest BCUT2D eigenvalue weighted by Gasteiger charge is 2.21. The number of para-hydroxylation sites is 1. The maximum atomic E-state index is 12.0. The molecule has 3 rings (SSSR count). The molecule has 1 aromatic heterocycles. The van der Waals surface area contributed by atoms with E-state index in [2.05, 4.69) is 20.5 Å². The summed E-state index contributed by atoms with van der Waals surface area (Å²) in [6, 6.07) is 5.09. The number of H-pyrrole nitrogens is 1. The molecule has 0 aliphatic heterocycles. The van der Waals surface area contributed by atoms with E-state index in [1.165, 1.54) is 24.6 Å². The molecule has 0 spiro atoms. The molecule has 122 valence electrons. The van der Waals surface area contributed by atoms with Crippen LogP contribution in [0.1, 0.15) is 37.4 Å². The fourth-order valence-electron chi connectivity index (χ4n) is 2.63. The van der Waals surface area contributed by atoms with E-state index in [0.29, 0.717) is 26.8 Å². The van der Waals surface area contributed by atoms with Crippen molar-refractivity contribution in [3.05, 3.63) is 34.1 Å². The molecule has 23 heavy (non-hydrogen) atoms. The van der Waals surface area contributed by atoms with Crippen LogP contribution < -0.4 is 5.32 Å². The van der Waals surface area contributed by atoms with Crippen molar-refractivity contribution in [2.75, 3.05) is 11.1 Å². The van der Waals surface area contributed by atoms with Gasteiger partial charge in [-0.15, -0.1) is 5.10 Å². The van der Waals surface area contributed by atoms with Crippen molar-refractivity contribution in [3.63, 3.8) is 0 Å². The molecule has 1 saturated carbocycles. The van der Waals surface area contributed by atoms with Crippen molar-refractivity contribution >= 4 is 46.6 Å². The molecular weight excluding hydrogens is 355 g/mol. The van der Waals surface area contributed by atoms with Gasteiger partial charge in [0.2, 0.25) is 11.1 Å². The van der Waals surface area contributed by atoms with Gasteiger partial charge >= 0.3 is 0 Å². The molecule has 2 N–H and O–H groups in total. The van der Waals surface area contributed by atoms with E-state index in [0.717, 1.165) is 18.7 Å². The number of anilines is 1. The Balaban J connectivity index is 1.55. The number of nitrogens with zero attached hydrogens (tertiary/aromatic N) is 2. The van der Waals surface area contributed by atoms with E-state index in [4.69, 9.17) is 23.2 Å². The molecule has 8 heteroatoms. The third kappa shape index (κ3) is 4.19. The van der Waals surface area contributed by atoms with Crippen LogP contribution in [0.5, 0.6) is 0 Å². The highest BCUT2D eigenvalue weighted by atomic mass is 35.5. The second-order valence-corrected chi connectivity index (χ2v) is 7.18. The molecule has 0 bridgehead atoms. The van der Waals surface area contributed by atoms with Crippen molar-refractivity contribution in [3.8, 4) is 0 Å². The van der Waals surface area contributed by atoms with Gasteiger partial charge in [0.1, 0.15) is 5.82 Å². The van der Waals surface area contributed by atoms with Gasteiger partial charge in [0.15, 0.2) is 0 Å². The molecule has 1 amide bonds. The maximum absolute atomic E-state index is 12.0. The molecule has 0 saturated heterocycles. The maximum Gasteiger partial charge on any atom is 0.234 e. The number of benzene rings is 1. The number of thioether (sulfide) groups is 1. The molecule has 0 atom stereocenters. The smallest absolute Gasteiger partial charge is 0.234 e. The van der Waals surface area contributed by atoms with Crippen LogP contribution in [0.25, 0.3) is 0 Å². The Hall–Kier alpha value is -1.24. The Morgan fingerprint density at radius 2 is 2.00 bits per heavy atom. The van der Waals surface area contributed by atoms with Crippen molar-refractivity contribution in [1.82, 2.24) is 15.2 Å². The number of aromatic nitrogens is 3. The second kappa shape index (κ2) is 7.55. The van der Waals surface area contributed by atoms with E-state index in [1.54, 1.807) is 18.2 Å². The predicted octanol–water partition coefficient (Wildman–Crippen LogP) is 4.50. The van der Waals surface area contributed by atoms with Crippen molar-refractivity contribution in [2.45, 2.75) is 36.8 Å². The summed E-state index contributed by atoms with van der Waals surface area (Å²) in [7, 11) is 0. The summed E-state index contributed by atoms with van der Waals surface area (Å²) >= 11 is 13.3. The Bertz CT molecular complexity index is 680. The Kier molecular flexibility index (Phi) is 5.46. The zero-order valence-corrected chi connectivity index (χ0v) is 14.6. The molecule has 0 unspecified atom stereocenters. The van der Waals surface area contributed by atoms with Gasteiger partial charge in [0, 0.05) is 5.92 Å². The third-order valence-corrected chi connectivity index (χ3v) is 5.26. The Morgan fingerprint density at radius 1 is 1.30 bits per heavy atom. The molecule has 0 radical (unpaired) electrons. The van der Waals surface area contributed by atoms with Crippen LogP contribution in [-0.4, -0.2) is 26.8 Å². The lowest BCUT2D eigenvalue weighted by molar-refractivity contribution is -0.113. The van der Waals surface area contributed by atoms with E-state index >= 15 is 0 Å². The fourth-order valence-corrected chi connectivity index (χ4v) is 3.72. The van der Waals surface area contributed by atoms with Crippen molar-refractivity contribution in [1.29, 1.82) is 0 Å². The number of aromatic amines is 1. The van der Waals surface area contributed by atoms with Crippen LogP contribution in [0, 0.1) is 0 Å². The number of hydrogen-bond donors (Lipinski definition) is 2. The lowest BCUT2D eigenvalue weighted by Crippen LogP contribution is -2.14. The number of rotatable bonds is 5. The van der Waals surface area contributed by atoms with Crippen LogP contribution in [0.4, 0.5) is 5.69 Å². The molecule has 5 nitrogen and oxygen atoms in total. The number of nitrogens with one attached hydrogen (secondary N) is 2. The van der Waals surface area contributed by atoms with Crippen LogP contribution >= 0.6 is 35.0 Å². The summed E-state index contributed by atoms with van der Waals surface area (Å²) in [5, 5.41) is 11.3. The summed E-state index contributed by atoms with van der Waals surface area (Å²) in [4.78, 5) is 16.5. The quantitative estimate of drug-likeness (QED) is 0.760. The standard InChI is InChI=1S/C15H16Cl2N4OS/c16-10-6-3-7-11(17)13(10)18-12(22)8-23-15-19-14(20-21-15)9-4-1-2-5-9/h3,6-7,9H,1-2,4-5,8H2,(H,18,22)(H,19,20,21). The average Bonchev–Trinajstić information content (AvgIpc) is 3.19. The average molecular weight is 371 g/mol. The first-order valence-electron chi connectivity index (χ1n) is 7.42. The second-order valence-electron chi connectivity index (χ2n) is 5.42. The van der Waals surface area contributed by atoms with Crippen molar-refractivity contribution in [2.24, 2.45) is 0 Å². The molecular formula is C15H16Cl2N4OS. The van der Waals surface area contributed by atoms with Crippen LogP contribution in [0.3, 0.4) is 0 Å². The summed E-state index contributed by atoms with van der Waals surface area (Å²) in [6.07, 6.45) is 4.80. The third-order valence-electron chi connectivity index (χ3n) is 3.78. The van der Waals surface area contributed by atoms with Gasteiger partial charge in [-0.05, 0) is 25.0 Å². The van der Waals surface area contributed by atoms with Gasteiger partial charge in [-0.2, -0.15) is 0 Å². The minimum absolute atomic E-state index is 0.197. The SMILES string of the molecule is O=C(CSc1n[nH]c(C2CCCC2)n1)Nc1c(Cl)cccc1Cl. The molecule has 1 aliphatic carbocycles. The molecule has 1 aromatic carbocycles. The number of hydrogen-bond acceptors (Lipinski definition) is 4. The van der Waals surface area contributed by atoms with Crippen LogP contribution in [0.2, 0.25) is 10.0 Å². The van der Waals surface area contributed by atoms with Gasteiger partial charge in [0.05, 0.1) is 21.5 Å². The van der Waals surface area contributed by atoms with Gasteiger partial charge in [-0.1, -0.05) is 53.9 Å². The lowest BCUT2D eigenvalue weighted by atomic mass is 10.1. The first kappa shape index (κ1) is 16.6. The zero-order chi connectivity index (χ0) is 16.2. The molecule has 1 aliphatic rings. The number of carbonyl (C=O) groups excluding carboxylic acids is 1. The van der Waals surface area contributed by atoms with E-state index in [1.807, 2.05) is 0 Å². The van der Waals surface area contributed by atoms with Gasteiger partial charge in [-0.25, -0.2) is 4.98 Å². The predicted molar refractivity (Wildman–Crippen MR) is 93.4 cm³/mol. The summed E-state index contributed by atoms with van der Waals surface area (Å²) < 4.78 is 0. The lowest BCUT2D eigenvalue weighted by Gasteiger charge is -2.08. The largest absolute Gasteiger partial charge is 0.323 e. The first-order valence-corrected chi connectivity index (χ1v) is 9.16. The zero-order valence-electron chi connectivity index (χ0n) is 12.3. The number of halogens is 2. The minimum Gasteiger partial charge on any atom is -0.323 e. The van der Waals surface area contributed by atoms with Crippen molar-refractivity contribution < 1.29 is 4.79 Å². The summed E-state index contributed by atoms with van der Waals surface area (Å²) in [6.45, 7) is 0. The monoisotopic (exact) mass is 370 g/mol. The van der Waals surface area contributed by atoms with Gasteiger partial charge in [-0.3, -0.25) is 9.89 Å². The van der Waals surface area contributed by atoms with Crippen LogP contribution in [0.15, 0.2) is 23.4 Å². The van der Waals surface area contributed by atoms with E-state index in [-0.39, 0.29) is 11.7 Å². The highest BCUT2D eigenvalue weighted by molar-refractivity contribution is 7.99. The van der Waals surface area contributed by atoms with Gasteiger partial charge < -0.3 is 5.32 Å². The highest BCUT2D eigenvalue weighted by Crippen LogP contribution is 2.33. The minimum atomic E-state index is -0.197. The topological polar surface area (TPSA) is 70.7 Å².